The van der Waals surface area contributed by atoms with Gasteiger partial charge in [0.25, 0.3) is 0 Å². The molecule has 2 aromatic carbocycles. The van der Waals surface area contributed by atoms with Gasteiger partial charge in [0.2, 0.25) is 0 Å². The lowest BCUT2D eigenvalue weighted by atomic mass is 10.1. The van der Waals surface area contributed by atoms with E-state index in [1.54, 1.807) is 31.4 Å². The van der Waals surface area contributed by atoms with E-state index in [9.17, 15) is 13.2 Å². The van der Waals surface area contributed by atoms with Gasteiger partial charge in [-0.1, -0.05) is 0 Å². The van der Waals surface area contributed by atoms with Crippen molar-refractivity contribution < 1.29 is 17.9 Å². The Morgan fingerprint density at radius 2 is 1.74 bits per heavy atom. The Morgan fingerprint density at radius 1 is 1.10 bits per heavy atom. The minimum absolute atomic E-state index is 0. The van der Waals surface area contributed by atoms with Crippen molar-refractivity contribution in [3.8, 4) is 5.75 Å². The van der Waals surface area contributed by atoms with Crippen molar-refractivity contribution in [2.24, 2.45) is 10.7 Å². The van der Waals surface area contributed by atoms with Crippen LogP contribution in [0.15, 0.2) is 47.5 Å². The highest BCUT2D eigenvalue weighted by Gasteiger charge is 2.31. The van der Waals surface area contributed by atoms with Crippen molar-refractivity contribution in [1.82, 2.24) is 4.90 Å². The summed E-state index contributed by atoms with van der Waals surface area (Å²) in [6.07, 6.45) is -4.41. The number of rotatable bonds is 5. The zero-order valence-electron chi connectivity index (χ0n) is 17.4. The molecule has 1 aliphatic heterocycles. The van der Waals surface area contributed by atoms with Gasteiger partial charge in [0, 0.05) is 37.6 Å². The van der Waals surface area contributed by atoms with Gasteiger partial charge in [-0.3, -0.25) is 0 Å². The highest BCUT2D eigenvalue weighted by atomic mass is 127. The minimum Gasteiger partial charge on any atom is -0.497 e. The first kappa shape index (κ1) is 25.1. The number of alkyl halides is 3. The number of piperazine rings is 1. The Balaban J connectivity index is 0.00000341. The van der Waals surface area contributed by atoms with Crippen molar-refractivity contribution in [2.45, 2.75) is 12.7 Å². The maximum atomic E-state index is 13.2. The second kappa shape index (κ2) is 10.9. The number of methoxy groups -OCH3 is 1. The number of guanidine groups is 1. The van der Waals surface area contributed by atoms with Crippen molar-refractivity contribution in [3.05, 3.63) is 53.6 Å². The molecule has 6 nitrogen and oxygen atoms in total. The predicted molar refractivity (Wildman–Crippen MR) is 129 cm³/mol. The Kier molecular flexibility index (Phi) is 8.80. The van der Waals surface area contributed by atoms with E-state index < -0.39 is 11.7 Å². The fraction of sp³-hybridized carbons (Fsp3) is 0.381. The smallest absolute Gasteiger partial charge is 0.416 e. The number of halogens is 4. The summed E-state index contributed by atoms with van der Waals surface area (Å²) in [4.78, 5) is 8.56. The molecule has 0 spiro atoms. The van der Waals surface area contributed by atoms with Gasteiger partial charge in [0.05, 0.1) is 19.2 Å². The fourth-order valence-electron chi connectivity index (χ4n) is 3.28. The monoisotopic (exact) mass is 549 g/mol. The van der Waals surface area contributed by atoms with Crippen LogP contribution < -0.4 is 20.7 Å². The third kappa shape index (κ3) is 6.89. The van der Waals surface area contributed by atoms with Crippen LogP contribution in [0.3, 0.4) is 0 Å². The Labute approximate surface area is 197 Å². The summed E-state index contributed by atoms with van der Waals surface area (Å²) in [7, 11) is 3.60. The molecule has 31 heavy (non-hydrogen) atoms. The summed E-state index contributed by atoms with van der Waals surface area (Å²) < 4.78 is 44.8. The second-order valence-electron chi connectivity index (χ2n) is 7.19. The highest BCUT2D eigenvalue weighted by Crippen LogP contribution is 2.33. The number of likely N-dealkylation sites (N-methyl/N-ethyl adjacent to an activating group) is 1. The van der Waals surface area contributed by atoms with E-state index in [4.69, 9.17) is 10.5 Å². The minimum atomic E-state index is -4.41. The molecule has 170 valence electrons. The van der Waals surface area contributed by atoms with E-state index in [0.29, 0.717) is 17.0 Å². The standard InChI is InChI=1S/C21H26F3N5O.HI/c1-28-9-11-29(12-10-28)19-8-3-16(21(22,23)24)13-15(19)14-26-20(25)27-17-4-6-18(30-2)7-5-17;/h3-8,13H,9-12,14H2,1-2H3,(H3,25,26,27);1H. The van der Waals surface area contributed by atoms with Crippen LogP contribution >= 0.6 is 24.0 Å². The molecule has 0 aromatic heterocycles. The van der Waals surface area contributed by atoms with Crippen molar-refractivity contribution in [2.75, 3.05) is 50.6 Å². The molecule has 3 rings (SSSR count). The van der Waals surface area contributed by atoms with Crippen LogP contribution in [0.5, 0.6) is 5.75 Å². The van der Waals surface area contributed by atoms with E-state index in [0.717, 1.165) is 44.0 Å². The maximum Gasteiger partial charge on any atom is 0.416 e. The second-order valence-corrected chi connectivity index (χ2v) is 7.19. The van der Waals surface area contributed by atoms with Gasteiger partial charge in [0.1, 0.15) is 5.75 Å². The van der Waals surface area contributed by atoms with E-state index in [1.165, 1.54) is 6.07 Å². The van der Waals surface area contributed by atoms with E-state index in [-0.39, 0.29) is 36.5 Å². The average molecular weight is 549 g/mol. The average Bonchev–Trinajstić information content (AvgIpc) is 2.72. The lowest BCUT2D eigenvalue weighted by molar-refractivity contribution is -0.137. The van der Waals surface area contributed by atoms with Crippen LogP contribution in [-0.2, 0) is 12.7 Å². The summed E-state index contributed by atoms with van der Waals surface area (Å²) >= 11 is 0. The van der Waals surface area contributed by atoms with Crippen LogP contribution in [0.2, 0.25) is 0 Å². The molecule has 2 aromatic rings. The van der Waals surface area contributed by atoms with E-state index in [2.05, 4.69) is 20.1 Å². The lowest BCUT2D eigenvalue weighted by Gasteiger charge is -2.35. The Morgan fingerprint density at radius 3 is 2.32 bits per heavy atom. The normalized spacial score (nSPS) is 15.4. The fourth-order valence-corrected chi connectivity index (χ4v) is 3.28. The first-order valence-electron chi connectivity index (χ1n) is 9.61. The number of nitrogens with zero attached hydrogens (tertiary/aromatic N) is 3. The number of nitrogens with two attached hydrogens (primary N) is 1. The molecule has 10 heteroatoms. The Hall–Kier alpha value is -2.21. The maximum absolute atomic E-state index is 13.2. The van der Waals surface area contributed by atoms with Gasteiger partial charge in [-0.05, 0) is 55.1 Å². The predicted octanol–water partition coefficient (Wildman–Crippen LogP) is 4.01. The lowest BCUT2D eigenvalue weighted by Crippen LogP contribution is -2.44. The molecule has 1 aliphatic rings. The van der Waals surface area contributed by atoms with Gasteiger partial charge >= 0.3 is 6.18 Å². The summed E-state index contributed by atoms with van der Waals surface area (Å²) in [6.45, 7) is 3.24. The quantitative estimate of drug-likeness (QED) is 0.336. The number of nitrogens with one attached hydrogen (secondary N) is 1. The largest absolute Gasteiger partial charge is 0.497 e. The van der Waals surface area contributed by atoms with Gasteiger partial charge < -0.3 is 25.6 Å². The van der Waals surface area contributed by atoms with E-state index >= 15 is 0 Å². The molecule has 0 aliphatic carbocycles. The molecular formula is C21H27F3IN5O. The van der Waals surface area contributed by atoms with Crippen molar-refractivity contribution in [1.29, 1.82) is 0 Å². The molecule has 0 radical (unpaired) electrons. The third-order valence-corrected chi connectivity index (χ3v) is 5.03. The van der Waals surface area contributed by atoms with Crippen LogP contribution in [0.1, 0.15) is 11.1 Å². The molecule has 1 fully saturated rings. The SMILES string of the molecule is COc1ccc(NC(N)=NCc2cc(C(F)(F)F)ccc2N2CCN(C)CC2)cc1.I. The first-order valence-corrected chi connectivity index (χ1v) is 9.61. The number of hydrogen-bond acceptors (Lipinski definition) is 4. The number of hydrogen-bond donors (Lipinski definition) is 2. The van der Waals surface area contributed by atoms with Crippen LogP contribution in [0.4, 0.5) is 24.5 Å². The van der Waals surface area contributed by atoms with Gasteiger partial charge in [-0.2, -0.15) is 13.2 Å². The van der Waals surface area contributed by atoms with Gasteiger partial charge in [-0.15, -0.1) is 24.0 Å². The molecule has 0 saturated carbocycles. The van der Waals surface area contributed by atoms with Gasteiger partial charge in [0.15, 0.2) is 5.96 Å². The van der Waals surface area contributed by atoms with Crippen molar-refractivity contribution in [3.63, 3.8) is 0 Å². The van der Waals surface area contributed by atoms with Gasteiger partial charge in [-0.25, -0.2) is 4.99 Å². The zero-order valence-corrected chi connectivity index (χ0v) is 19.8. The topological polar surface area (TPSA) is 66.1 Å². The zero-order chi connectivity index (χ0) is 21.7. The van der Waals surface area contributed by atoms with Crippen LogP contribution in [-0.4, -0.2) is 51.2 Å². The number of anilines is 2. The van der Waals surface area contributed by atoms with Crippen molar-refractivity contribution >= 4 is 41.3 Å². The number of ether oxygens (including phenoxy) is 1. The third-order valence-electron chi connectivity index (χ3n) is 5.03. The number of aliphatic imine (C=N–C) groups is 1. The molecule has 1 saturated heterocycles. The first-order chi connectivity index (χ1) is 14.3. The summed E-state index contributed by atoms with van der Waals surface area (Å²) in [5.41, 5.74) is 7.24. The molecular weight excluding hydrogens is 522 g/mol. The van der Waals surface area contributed by atoms with E-state index in [1.807, 2.05) is 7.05 Å². The van der Waals surface area contributed by atoms with Crippen LogP contribution in [0.25, 0.3) is 0 Å². The summed E-state index contributed by atoms with van der Waals surface area (Å²) in [6, 6.07) is 10.9. The Bertz CT molecular complexity index is 882. The molecule has 0 atom stereocenters. The summed E-state index contributed by atoms with van der Waals surface area (Å²) in [5.74, 6) is 0.832. The summed E-state index contributed by atoms with van der Waals surface area (Å²) in [5, 5.41) is 2.94. The highest BCUT2D eigenvalue weighted by molar-refractivity contribution is 14.0. The molecule has 0 bridgehead atoms. The van der Waals surface area contributed by atoms with Crippen LogP contribution in [0, 0.1) is 0 Å². The molecule has 1 heterocycles. The number of benzene rings is 2. The molecule has 3 N–H and O–H groups in total. The molecule has 0 unspecified atom stereocenters. The molecule has 0 amide bonds.